The fourth-order valence-electron chi connectivity index (χ4n) is 3.33. The van der Waals surface area contributed by atoms with Crippen molar-refractivity contribution in [2.24, 2.45) is 11.7 Å². The molecule has 6 heteroatoms. The first kappa shape index (κ1) is 17.2. The monoisotopic (exact) mass is 311 g/mol. The molecule has 0 aromatic carbocycles. The largest absolute Gasteiger partial charge is 0.378 e. The third-order valence-corrected chi connectivity index (χ3v) is 4.70. The molecule has 6 nitrogen and oxygen atoms in total. The smallest absolute Gasteiger partial charge is 0.245 e. The molecule has 0 aromatic rings. The second kappa shape index (κ2) is 8.48. The number of carbonyl (C=O) groups excluding carboxylic acids is 2. The molecule has 2 amide bonds. The SMILES string of the molecule is CC(NC(=O)C(N)CC1CCCCC1)C(=O)N1CCOCC1. The molecular formula is C16H29N3O3. The summed E-state index contributed by atoms with van der Waals surface area (Å²) >= 11 is 0. The lowest BCUT2D eigenvalue weighted by atomic mass is 9.85. The standard InChI is InChI=1S/C16H29N3O3/c1-12(16(21)19-7-9-22-10-8-19)18-15(20)14(17)11-13-5-3-2-4-6-13/h12-14H,2-11,17H2,1H3,(H,18,20). The number of rotatable bonds is 5. The van der Waals surface area contributed by atoms with Gasteiger partial charge >= 0.3 is 0 Å². The Labute approximate surface area is 132 Å². The molecule has 126 valence electrons. The summed E-state index contributed by atoms with van der Waals surface area (Å²) < 4.78 is 5.23. The summed E-state index contributed by atoms with van der Waals surface area (Å²) in [5, 5.41) is 2.77. The van der Waals surface area contributed by atoms with Crippen molar-refractivity contribution in [3.63, 3.8) is 0 Å². The third kappa shape index (κ3) is 4.95. The van der Waals surface area contributed by atoms with E-state index in [1.54, 1.807) is 11.8 Å². The topological polar surface area (TPSA) is 84.7 Å². The fraction of sp³-hybridized carbons (Fsp3) is 0.875. The lowest BCUT2D eigenvalue weighted by Gasteiger charge is -2.30. The molecule has 1 saturated carbocycles. The predicted molar refractivity (Wildman–Crippen MR) is 84.2 cm³/mol. The zero-order valence-corrected chi connectivity index (χ0v) is 13.6. The highest BCUT2D eigenvalue weighted by molar-refractivity contribution is 5.89. The van der Waals surface area contributed by atoms with E-state index in [9.17, 15) is 9.59 Å². The Kier molecular flexibility index (Phi) is 6.64. The quantitative estimate of drug-likeness (QED) is 0.780. The van der Waals surface area contributed by atoms with Gasteiger partial charge in [-0.15, -0.1) is 0 Å². The first-order valence-corrected chi connectivity index (χ1v) is 8.50. The minimum absolute atomic E-state index is 0.0542. The fourth-order valence-corrected chi connectivity index (χ4v) is 3.33. The molecule has 1 aliphatic heterocycles. The zero-order chi connectivity index (χ0) is 15.9. The summed E-state index contributed by atoms with van der Waals surface area (Å²) in [6.45, 7) is 4.03. The van der Waals surface area contributed by atoms with Crippen LogP contribution in [0.1, 0.15) is 45.4 Å². The highest BCUT2D eigenvalue weighted by Gasteiger charge is 2.26. The van der Waals surface area contributed by atoms with E-state index in [0.29, 0.717) is 32.2 Å². The number of nitrogens with one attached hydrogen (secondary N) is 1. The number of hydrogen-bond donors (Lipinski definition) is 2. The van der Waals surface area contributed by atoms with Crippen LogP contribution in [0.5, 0.6) is 0 Å². The van der Waals surface area contributed by atoms with Crippen LogP contribution in [0.2, 0.25) is 0 Å². The van der Waals surface area contributed by atoms with Crippen molar-refractivity contribution in [1.82, 2.24) is 10.2 Å². The maximum atomic E-state index is 12.3. The molecular weight excluding hydrogens is 282 g/mol. The first-order valence-electron chi connectivity index (χ1n) is 8.50. The summed E-state index contributed by atoms with van der Waals surface area (Å²) in [6.07, 6.45) is 6.84. The van der Waals surface area contributed by atoms with Gasteiger partial charge in [0.2, 0.25) is 11.8 Å². The predicted octanol–water partition coefficient (Wildman–Crippen LogP) is 0.648. The molecule has 0 aromatic heterocycles. The van der Waals surface area contributed by atoms with E-state index in [-0.39, 0.29) is 11.8 Å². The Balaban J connectivity index is 1.75. The number of carbonyl (C=O) groups is 2. The Morgan fingerprint density at radius 3 is 2.50 bits per heavy atom. The lowest BCUT2D eigenvalue weighted by molar-refractivity contribution is -0.139. The second-order valence-electron chi connectivity index (χ2n) is 6.51. The zero-order valence-electron chi connectivity index (χ0n) is 13.6. The second-order valence-corrected chi connectivity index (χ2v) is 6.51. The van der Waals surface area contributed by atoms with E-state index in [1.807, 2.05) is 0 Å². The van der Waals surface area contributed by atoms with Crippen LogP contribution in [0.15, 0.2) is 0 Å². The third-order valence-electron chi connectivity index (χ3n) is 4.70. The Hall–Kier alpha value is -1.14. The van der Waals surface area contributed by atoms with Crippen molar-refractivity contribution < 1.29 is 14.3 Å². The van der Waals surface area contributed by atoms with E-state index in [1.165, 1.54) is 32.1 Å². The number of ether oxygens (including phenoxy) is 1. The van der Waals surface area contributed by atoms with Gasteiger partial charge in [-0.2, -0.15) is 0 Å². The highest BCUT2D eigenvalue weighted by atomic mass is 16.5. The van der Waals surface area contributed by atoms with E-state index < -0.39 is 12.1 Å². The van der Waals surface area contributed by atoms with Crippen LogP contribution in [-0.2, 0) is 14.3 Å². The van der Waals surface area contributed by atoms with Gasteiger partial charge in [0.05, 0.1) is 19.3 Å². The van der Waals surface area contributed by atoms with Crippen LogP contribution in [0.3, 0.4) is 0 Å². The molecule has 2 aliphatic rings. The van der Waals surface area contributed by atoms with Crippen LogP contribution < -0.4 is 11.1 Å². The number of amides is 2. The summed E-state index contributed by atoms with van der Waals surface area (Å²) in [5.41, 5.74) is 6.02. The Morgan fingerprint density at radius 1 is 1.23 bits per heavy atom. The molecule has 0 bridgehead atoms. The molecule has 22 heavy (non-hydrogen) atoms. The summed E-state index contributed by atoms with van der Waals surface area (Å²) in [5.74, 6) is 0.293. The number of nitrogens with zero attached hydrogens (tertiary/aromatic N) is 1. The lowest BCUT2D eigenvalue weighted by Crippen LogP contribution is -2.53. The normalized spacial score (nSPS) is 22.9. The van der Waals surface area contributed by atoms with Gasteiger partial charge in [0, 0.05) is 13.1 Å². The molecule has 2 fully saturated rings. The van der Waals surface area contributed by atoms with E-state index >= 15 is 0 Å². The van der Waals surface area contributed by atoms with E-state index in [4.69, 9.17) is 10.5 Å². The van der Waals surface area contributed by atoms with Gasteiger partial charge in [0.15, 0.2) is 0 Å². The average Bonchev–Trinajstić information content (AvgIpc) is 2.55. The van der Waals surface area contributed by atoms with Gasteiger partial charge in [-0.1, -0.05) is 32.1 Å². The maximum absolute atomic E-state index is 12.3. The van der Waals surface area contributed by atoms with Crippen LogP contribution in [-0.4, -0.2) is 55.1 Å². The Bertz CT molecular complexity index is 377. The van der Waals surface area contributed by atoms with Crippen molar-refractivity contribution in [2.75, 3.05) is 26.3 Å². The van der Waals surface area contributed by atoms with Crippen LogP contribution in [0.4, 0.5) is 0 Å². The van der Waals surface area contributed by atoms with Crippen molar-refractivity contribution >= 4 is 11.8 Å². The van der Waals surface area contributed by atoms with Crippen molar-refractivity contribution in [3.05, 3.63) is 0 Å². The van der Waals surface area contributed by atoms with Gasteiger partial charge in [-0.25, -0.2) is 0 Å². The number of hydrogen-bond acceptors (Lipinski definition) is 4. The minimum atomic E-state index is -0.525. The van der Waals surface area contributed by atoms with Crippen molar-refractivity contribution in [2.45, 2.75) is 57.5 Å². The molecule has 2 rings (SSSR count). The van der Waals surface area contributed by atoms with E-state index in [0.717, 1.165) is 6.42 Å². The van der Waals surface area contributed by atoms with Gasteiger partial charge in [-0.3, -0.25) is 9.59 Å². The average molecular weight is 311 g/mol. The summed E-state index contributed by atoms with van der Waals surface area (Å²) in [7, 11) is 0. The molecule has 1 saturated heterocycles. The van der Waals surface area contributed by atoms with Crippen molar-refractivity contribution in [3.8, 4) is 0 Å². The van der Waals surface area contributed by atoms with Crippen molar-refractivity contribution in [1.29, 1.82) is 0 Å². The van der Waals surface area contributed by atoms with Crippen LogP contribution >= 0.6 is 0 Å². The van der Waals surface area contributed by atoms with Gasteiger partial charge in [-0.05, 0) is 19.3 Å². The Morgan fingerprint density at radius 2 is 1.86 bits per heavy atom. The van der Waals surface area contributed by atoms with Crippen LogP contribution in [0, 0.1) is 5.92 Å². The van der Waals surface area contributed by atoms with E-state index in [2.05, 4.69) is 5.32 Å². The van der Waals surface area contributed by atoms with Gasteiger partial charge < -0.3 is 20.7 Å². The molecule has 3 N–H and O–H groups in total. The number of nitrogens with two attached hydrogens (primary N) is 1. The molecule has 1 heterocycles. The molecule has 0 radical (unpaired) electrons. The van der Waals surface area contributed by atoms with Gasteiger partial charge in [0.1, 0.15) is 6.04 Å². The summed E-state index contributed by atoms with van der Waals surface area (Å²) in [4.78, 5) is 26.2. The molecule has 2 atom stereocenters. The molecule has 2 unspecified atom stereocenters. The highest BCUT2D eigenvalue weighted by Crippen LogP contribution is 2.26. The maximum Gasteiger partial charge on any atom is 0.245 e. The molecule has 0 spiro atoms. The summed E-state index contributed by atoms with van der Waals surface area (Å²) in [6, 6.07) is -1.04. The van der Waals surface area contributed by atoms with Crippen LogP contribution in [0.25, 0.3) is 0 Å². The minimum Gasteiger partial charge on any atom is -0.378 e. The first-order chi connectivity index (χ1) is 10.6. The number of morpholine rings is 1. The van der Waals surface area contributed by atoms with Gasteiger partial charge in [0.25, 0.3) is 0 Å². The molecule has 1 aliphatic carbocycles.